The Hall–Kier alpha value is -1.77. The van der Waals surface area contributed by atoms with E-state index in [0.29, 0.717) is 0 Å². The smallest absolute Gasteiger partial charge is 0.545 e. The minimum Gasteiger partial charge on any atom is -0.545 e. The van der Waals surface area contributed by atoms with E-state index in [1.54, 1.807) is 0 Å². The molecular weight excluding hydrogens is 446 g/mol. The Morgan fingerprint density at radius 3 is 1.20 bits per heavy atom. The standard InChI is InChI=1S/C8H6O7S.C8H6O4.2Na/c9-7(10)4-2-1-3-5(8(11)12)6(4)16(13,14)15;9-7(10)5-1-2-6(4-3-5)8(11)12;;/h1-3H,(H,9,10)(H,11,12)(H,13,14,15);1-4H,(H,9,10)(H,11,12);;/q;;2*+1/p-2. The number of carboxylic acid groups (broad SMARTS) is 4. The molecule has 14 heteroatoms. The van der Waals surface area contributed by atoms with Crippen LogP contribution in [0.5, 0.6) is 0 Å². The van der Waals surface area contributed by atoms with Gasteiger partial charge in [-0.1, -0.05) is 18.2 Å². The van der Waals surface area contributed by atoms with Gasteiger partial charge in [0.05, 0.1) is 23.1 Å². The van der Waals surface area contributed by atoms with Crippen molar-refractivity contribution < 1.29 is 112 Å². The van der Waals surface area contributed by atoms with E-state index in [4.69, 9.17) is 14.8 Å². The molecule has 0 aromatic heterocycles. The maximum absolute atomic E-state index is 10.9. The van der Waals surface area contributed by atoms with E-state index in [9.17, 15) is 37.8 Å². The molecule has 0 aliphatic carbocycles. The summed E-state index contributed by atoms with van der Waals surface area (Å²) in [6.07, 6.45) is 0. The van der Waals surface area contributed by atoms with Crippen molar-refractivity contribution in [1.29, 1.82) is 0 Å². The van der Waals surface area contributed by atoms with Crippen molar-refractivity contribution in [3.63, 3.8) is 0 Å². The largest absolute Gasteiger partial charge is 1.00 e. The molecule has 2 rings (SSSR count). The molecule has 0 saturated heterocycles. The summed E-state index contributed by atoms with van der Waals surface area (Å²) in [6, 6.07) is 7.61. The first kappa shape index (κ1) is 30.4. The normalized spacial score (nSPS) is 9.63. The van der Waals surface area contributed by atoms with Gasteiger partial charge < -0.3 is 30.0 Å². The first-order chi connectivity index (χ1) is 12.9. The van der Waals surface area contributed by atoms with Crippen molar-refractivity contribution in [2.45, 2.75) is 4.90 Å². The number of rotatable bonds is 5. The second-order valence-corrected chi connectivity index (χ2v) is 6.28. The Bertz CT molecular complexity index is 982. The molecule has 2 aromatic carbocycles. The molecule has 30 heavy (non-hydrogen) atoms. The van der Waals surface area contributed by atoms with E-state index in [0.717, 1.165) is 18.2 Å². The minimum absolute atomic E-state index is 0. The van der Waals surface area contributed by atoms with E-state index in [-0.39, 0.29) is 70.2 Å². The molecule has 0 heterocycles. The average Bonchev–Trinajstić information content (AvgIpc) is 2.60. The fraction of sp³-hybridized carbons (Fsp3) is 0. The molecule has 148 valence electrons. The third-order valence-corrected chi connectivity index (χ3v) is 4.05. The van der Waals surface area contributed by atoms with Crippen LogP contribution in [0.1, 0.15) is 41.4 Å². The van der Waals surface area contributed by atoms with Gasteiger partial charge in [-0.15, -0.1) is 0 Å². The SMILES string of the molecule is O=C(O)c1ccc(C(=O)O)cc1.O=C([O-])c1cccc(C(=O)[O-])c1S(=O)(=O)O.[Na+].[Na+]. The van der Waals surface area contributed by atoms with E-state index < -0.39 is 50.0 Å². The molecule has 11 nitrogen and oxygen atoms in total. The van der Waals surface area contributed by atoms with Crippen molar-refractivity contribution in [2.24, 2.45) is 0 Å². The van der Waals surface area contributed by atoms with Crippen LogP contribution in [0.3, 0.4) is 0 Å². The Labute approximate surface area is 213 Å². The van der Waals surface area contributed by atoms with E-state index in [1.165, 1.54) is 24.3 Å². The Morgan fingerprint density at radius 1 is 0.700 bits per heavy atom. The monoisotopic (exact) mass is 456 g/mol. The van der Waals surface area contributed by atoms with Gasteiger partial charge in [-0.05, 0) is 24.3 Å². The van der Waals surface area contributed by atoms with Crippen LogP contribution in [0.25, 0.3) is 0 Å². The molecule has 0 spiro atoms. The van der Waals surface area contributed by atoms with Gasteiger partial charge in [0.2, 0.25) is 0 Å². The Morgan fingerprint density at radius 2 is 1.00 bits per heavy atom. The zero-order chi connectivity index (χ0) is 21.6. The summed E-state index contributed by atoms with van der Waals surface area (Å²) in [5, 5.41) is 38.0. The van der Waals surface area contributed by atoms with Crippen LogP contribution in [0.15, 0.2) is 47.4 Å². The van der Waals surface area contributed by atoms with Crippen LogP contribution in [0.4, 0.5) is 0 Å². The number of hydrogen-bond donors (Lipinski definition) is 3. The van der Waals surface area contributed by atoms with Crippen LogP contribution in [-0.2, 0) is 10.1 Å². The Balaban J connectivity index is 0. The molecule has 0 amide bonds. The molecular formula is C16H10Na2O11S. The summed E-state index contributed by atoms with van der Waals surface area (Å²) in [5.74, 6) is -5.97. The third-order valence-electron chi connectivity index (χ3n) is 3.09. The molecule has 0 unspecified atom stereocenters. The summed E-state index contributed by atoms with van der Waals surface area (Å²) in [7, 11) is -5.00. The maximum Gasteiger partial charge on any atom is 1.00 e. The number of carbonyl (C=O) groups is 4. The molecule has 3 N–H and O–H groups in total. The van der Waals surface area contributed by atoms with Gasteiger partial charge in [0.25, 0.3) is 10.1 Å². The second kappa shape index (κ2) is 12.8. The van der Waals surface area contributed by atoms with Gasteiger partial charge in [0.1, 0.15) is 4.90 Å². The van der Waals surface area contributed by atoms with Gasteiger partial charge in [-0.25, -0.2) is 9.59 Å². The van der Waals surface area contributed by atoms with E-state index >= 15 is 0 Å². The average molecular weight is 456 g/mol. The van der Waals surface area contributed by atoms with E-state index in [2.05, 4.69) is 0 Å². The second-order valence-electron chi connectivity index (χ2n) is 4.92. The van der Waals surface area contributed by atoms with Gasteiger partial charge >= 0.3 is 71.1 Å². The summed E-state index contributed by atoms with van der Waals surface area (Å²) in [4.78, 5) is 40.5. The van der Waals surface area contributed by atoms with Gasteiger partial charge in [-0.2, -0.15) is 8.42 Å². The molecule has 0 fully saturated rings. The first-order valence-corrected chi connectivity index (χ1v) is 8.40. The van der Waals surface area contributed by atoms with E-state index in [1.807, 2.05) is 0 Å². The fourth-order valence-electron chi connectivity index (χ4n) is 1.89. The summed E-state index contributed by atoms with van der Waals surface area (Å²) >= 11 is 0. The van der Waals surface area contributed by atoms with Crippen LogP contribution >= 0.6 is 0 Å². The molecule has 0 radical (unpaired) electrons. The quantitative estimate of drug-likeness (QED) is 0.284. The summed E-state index contributed by atoms with van der Waals surface area (Å²) in [5.41, 5.74) is -1.71. The van der Waals surface area contributed by atoms with Gasteiger partial charge in [0, 0.05) is 11.1 Å². The number of hydrogen-bond acceptors (Lipinski definition) is 8. The molecule has 0 aliphatic heterocycles. The van der Waals surface area contributed by atoms with Crippen molar-refractivity contribution in [2.75, 3.05) is 0 Å². The molecule has 0 bridgehead atoms. The number of carbonyl (C=O) groups excluding carboxylic acids is 2. The van der Waals surface area contributed by atoms with Crippen molar-refractivity contribution in [3.8, 4) is 0 Å². The third kappa shape index (κ3) is 8.53. The van der Waals surface area contributed by atoms with Crippen LogP contribution in [0.2, 0.25) is 0 Å². The first-order valence-electron chi connectivity index (χ1n) is 6.96. The molecule has 0 saturated carbocycles. The van der Waals surface area contributed by atoms with Gasteiger partial charge in [-0.3, -0.25) is 4.55 Å². The van der Waals surface area contributed by atoms with Crippen LogP contribution < -0.4 is 69.3 Å². The fourth-order valence-corrected chi connectivity index (χ4v) is 2.75. The molecule has 2 aromatic rings. The van der Waals surface area contributed by atoms with Gasteiger partial charge in [0.15, 0.2) is 0 Å². The zero-order valence-corrected chi connectivity index (χ0v) is 20.4. The maximum atomic E-state index is 10.9. The predicted molar refractivity (Wildman–Crippen MR) is 85.3 cm³/mol. The Kier molecular flexibility index (Phi) is 13.0. The number of carboxylic acids is 4. The molecule has 0 aliphatic rings. The van der Waals surface area contributed by atoms with Crippen LogP contribution in [0, 0.1) is 0 Å². The molecule has 0 atom stereocenters. The van der Waals surface area contributed by atoms with Crippen LogP contribution in [-0.4, -0.2) is 47.1 Å². The van der Waals surface area contributed by atoms with Crippen molar-refractivity contribution >= 4 is 34.0 Å². The topological polar surface area (TPSA) is 209 Å². The van der Waals surface area contributed by atoms with Crippen molar-refractivity contribution in [1.82, 2.24) is 0 Å². The van der Waals surface area contributed by atoms with Crippen molar-refractivity contribution in [3.05, 3.63) is 64.7 Å². The minimum atomic E-state index is -5.00. The number of aromatic carboxylic acids is 4. The predicted octanol–water partition coefficient (Wildman–Crippen LogP) is -7.25. The summed E-state index contributed by atoms with van der Waals surface area (Å²) in [6.45, 7) is 0. The number of benzene rings is 2. The zero-order valence-electron chi connectivity index (χ0n) is 15.6. The summed E-state index contributed by atoms with van der Waals surface area (Å²) < 4.78 is 30.5.